The molecule has 2 aliphatic carbocycles. The fourth-order valence-electron chi connectivity index (χ4n) is 3.43. The van der Waals surface area contributed by atoms with Crippen LogP contribution in [0.25, 0.3) is 6.08 Å². The number of rotatable bonds is 3. The largest absolute Gasteiger partial charge is 0.293 e. The highest BCUT2D eigenvalue weighted by Crippen LogP contribution is 2.50. The van der Waals surface area contributed by atoms with Gasteiger partial charge in [0.2, 0.25) is 0 Å². The molecule has 2 heteroatoms. The molecule has 0 amide bonds. The van der Waals surface area contributed by atoms with Crippen LogP contribution in [0.3, 0.4) is 0 Å². The van der Waals surface area contributed by atoms with Crippen LogP contribution in [-0.4, -0.2) is 5.78 Å². The molecular formula is C18H17IO. The van der Waals surface area contributed by atoms with E-state index >= 15 is 0 Å². The molecule has 1 aromatic rings. The predicted octanol–water partition coefficient (Wildman–Crippen LogP) is 4.66. The van der Waals surface area contributed by atoms with Crippen molar-refractivity contribution in [3.05, 3.63) is 64.3 Å². The molecule has 1 fully saturated rings. The fraction of sp³-hybridized carbons (Fsp3) is 0.278. The summed E-state index contributed by atoms with van der Waals surface area (Å²) in [5, 5.41) is 0. The van der Waals surface area contributed by atoms with Gasteiger partial charge in [-0.2, -0.15) is 0 Å². The Morgan fingerprint density at radius 3 is 2.65 bits per heavy atom. The Hall–Kier alpha value is -1.16. The second-order valence-electron chi connectivity index (χ2n) is 5.55. The van der Waals surface area contributed by atoms with E-state index in [2.05, 4.69) is 59.5 Å². The Labute approximate surface area is 133 Å². The van der Waals surface area contributed by atoms with E-state index in [1.165, 1.54) is 5.56 Å². The minimum Gasteiger partial charge on any atom is -0.293 e. The molecule has 0 aliphatic heterocycles. The van der Waals surface area contributed by atoms with Gasteiger partial charge in [-0.05, 0) is 52.3 Å². The number of fused-ring (bicyclic) bond motifs is 1. The first-order chi connectivity index (χ1) is 9.70. The van der Waals surface area contributed by atoms with Crippen molar-refractivity contribution >= 4 is 34.5 Å². The maximum absolute atomic E-state index is 12.3. The van der Waals surface area contributed by atoms with Gasteiger partial charge in [-0.1, -0.05) is 54.6 Å². The third kappa shape index (κ3) is 2.41. The summed E-state index contributed by atoms with van der Waals surface area (Å²) >= 11 is 2.18. The van der Waals surface area contributed by atoms with Crippen LogP contribution in [0.15, 0.2) is 58.7 Å². The number of hydrogen-bond acceptors (Lipinski definition) is 1. The molecule has 0 N–H and O–H groups in total. The van der Waals surface area contributed by atoms with Crippen LogP contribution in [0.1, 0.15) is 12.0 Å². The lowest BCUT2D eigenvalue weighted by Crippen LogP contribution is -2.18. The molecule has 1 aromatic carbocycles. The second-order valence-corrected chi connectivity index (χ2v) is 6.71. The molecule has 0 saturated heterocycles. The lowest BCUT2D eigenvalue weighted by Gasteiger charge is -2.14. The average molecular weight is 376 g/mol. The van der Waals surface area contributed by atoms with E-state index in [9.17, 15) is 4.79 Å². The van der Waals surface area contributed by atoms with Crippen molar-refractivity contribution < 1.29 is 4.79 Å². The zero-order valence-electron chi connectivity index (χ0n) is 11.2. The number of hydrogen-bond donors (Lipinski definition) is 0. The van der Waals surface area contributed by atoms with Gasteiger partial charge >= 0.3 is 0 Å². The van der Waals surface area contributed by atoms with Crippen LogP contribution in [-0.2, 0) is 4.79 Å². The third-order valence-electron chi connectivity index (χ3n) is 4.43. The first kappa shape index (κ1) is 13.8. The molecule has 0 heterocycles. The SMILES string of the molecule is C=CC1CC(/C=C/c2ccccc2)C2C(=O)C(I)=CC12. The second kappa shape index (κ2) is 5.68. The minimum absolute atomic E-state index is 0.130. The van der Waals surface area contributed by atoms with Crippen LogP contribution < -0.4 is 0 Å². The predicted molar refractivity (Wildman–Crippen MR) is 91.4 cm³/mol. The van der Waals surface area contributed by atoms with Gasteiger partial charge < -0.3 is 0 Å². The molecule has 4 unspecified atom stereocenters. The summed E-state index contributed by atoms with van der Waals surface area (Å²) in [4.78, 5) is 12.3. The van der Waals surface area contributed by atoms with Gasteiger partial charge in [-0.15, -0.1) is 6.58 Å². The summed E-state index contributed by atoms with van der Waals surface area (Å²) in [5.74, 6) is 1.57. The maximum atomic E-state index is 12.3. The van der Waals surface area contributed by atoms with Crippen molar-refractivity contribution in [2.24, 2.45) is 23.7 Å². The van der Waals surface area contributed by atoms with E-state index in [-0.39, 0.29) is 5.92 Å². The van der Waals surface area contributed by atoms with E-state index in [1.54, 1.807) is 0 Å². The highest BCUT2D eigenvalue weighted by Gasteiger charge is 2.47. The van der Waals surface area contributed by atoms with Gasteiger partial charge in [-0.3, -0.25) is 4.79 Å². The highest BCUT2D eigenvalue weighted by atomic mass is 127. The smallest absolute Gasteiger partial charge is 0.172 e. The van der Waals surface area contributed by atoms with E-state index in [1.807, 2.05) is 24.3 Å². The number of carbonyl (C=O) groups excluding carboxylic acids is 1. The van der Waals surface area contributed by atoms with Gasteiger partial charge in [-0.25, -0.2) is 0 Å². The van der Waals surface area contributed by atoms with Crippen LogP contribution in [0.4, 0.5) is 0 Å². The van der Waals surface area contributed by atoms with Crippen molar-refractivity contribution in [3.63, 3.8) is 0 Å². The van der Waals surface area contributed by atoms with E-state index in [0.29, 0.717) is 23.5 Å². The summed E-state index contributed by atoms with van der Waals surface area (Å²) in [5.41, 5.74) is 1.19. The van der Waals surface area contributed by atoms with Gasteiger partial charge in [0.05, 0.1) is 3.58 Å². The van der Waals surface area contributed by atoms with Crippen molar-refractivity contribution in [3.8, 4) is 0 Å². The Kier molecular flexibility index (Phi) is 3.92. The van der Waals surface area contributed by atoms with Gasteiger partial charge in [0.1, 0.15) is 0 Å². The first-order valence-electron chi connectivity index (χ1n) is 6.98. The number of halogens is 1. The Morgan fingerprint density at radius 1 is 1.20 bits per heavy atom. The van der Waals surface area contributed by atoms with Gasteiger partial charge in [0, 0.05) is 5.92 Å². The summed E-state index contributed by atoms with van der Waals surface area (Å²) in [7, 11) is 0. The van der Waals surface area contributed by atoms with Crippen LogP contribution in [0, 0.1) is 23.7 Å². The van der Waals surface area contributed by atoms with Gasteiger partial charge in [0.25, 0.3) is 0 Å². The van der Waals surface area contributed by atoms with Crippen LogP contribution >= 0.6 is 22.6 Å². The Bertz CT molecular complexity index is 585. The molecule has 0 bridgehead atoms. The normalized spacial score (nSPS) is 32.5. The molecule has 3 rings (SSSR count). The molecule has 0 radical (unpaired) electrons. The number of benzene rings is 1. The molecule has 102 valence electrons. The number of ketones is 1. The Morgan fingerprint density at radius 2 is 1.95 bits per heavy atom. The zero-order valence-corrected chi connectivity index (χ0v) is 13.4. The third-order valence-corrected chi connectivity index (χ3v) is 5.32. The van der Waals surface area contributed by atoms with Crippen LogP contribution in [0.2, 0.25) is 0 Å². The number of allylic oxidation sites excluding steroid dienone is 4. The van der Waals surface area contributed by atoms with Crippen LogP contribution in [0.5, 0.6) is 0 Å². The lowest BCUT2D eigenvalue weighted by molar-refractivity contribution is -0.118. The molecule has 0 aromatic heterocycles. The van der Waals surface area contributed by atoms with E-state index in [4.69, 9.17) is 0 Å². The van der Waals surface area contributed by atoms with E-state index < -0.39 is 0 Å². The fourth-order valence-corrected chi connectivity index (χ4v) is 4.20. The molecule has 4 atom stereocenters. The Balaban J connectivity index is 1.83. The number of Topliss-reactive ketones (excluding diaryl/α,β-unsaturated/α-hetero) is 1. The van der Waals surface area contributed by atoms with Gasteiger partial charge in [0.15, 0.2) is 5.78 Å². The topological polar surface area (TPSA) is 17.1 Å². The van der Waals surface area contributed by atoms with E-state index in [0.717, 1.165) is 10.0 Å². The first-order valence-corrected chi connectivity index (χ1v) is 8.06. The zero-order chi connectivity index (χ0) is 14.1. The molecule has 2 aliphatic rings. The molecular weight excluding hydrogens is 359 g/mol. The van der Waals surface area contributed by atoms with Crippen molar-refractivity contribution in [1.29, 1.82) is 0 Å². The quantitative estimate of drug-likeness (QED) is 0.554. The lowest BCUT2D eigenvalue weighted by atomic mass is 9.88. The summed E-state index contributed by atoms with van der Waals surface area (Å²) < 4.78 is 0.905. The van der Waals surface area contributed by atoms with Crippen molar-refractivity contribution in [2.45, 2.75) is 6.42 Å². The summed E-state index contributed by atoms with van der Waals surface area (Å²) in [6.45, 7) is 3.94. The molecule has 1 nitrogen and oxygen atoms in total. The monoisotopic (exact) mass is 376 g/mol. The highest BCUT2D eigenvalue weighted by molar-refractivity contribution is 14.1. The van der Waals surface area contributed by atoms with Crippen molar-refractivity contribution in [2.75, 3.05) is 0 Å². The number of carbonyl (C=O) groups is 1. The average Bonchev–Trinajstić information content (AvgIpc) is 2.96. The standard InChI is InChI=1S/C18H17IO/c1-2-13-10-14(9-8-12-6-4-3-5-7-12)17-15(13)11-16(19)18(17)20/h2-9,11,13-15,17H,1,10H2/b9-8+. The maximum Gasteiger partial charge on any atom is 0.172 e. The molecule has 0 spiro atoms. The molecule has 20 heavy (non-hydrogen) atoms. The van der Waals surface area contributed by atoms with Crippen molar-refractivity contribution in [1.82, 2.24) is 0 Å². The molecule has 1 saturated carbocycles. The summed E-state index contributed by atoms with van der Waals surface area (Å²) in [6.07, 6.45) is 9.57. The minimum atomic E-state index is 0.130. The summed E-state index contributed by atoms with van der Waals surface area (Å²) in [6, 6.07) is 10.3.